The average Bonchev–Trinajstić information content (AvgIpc) is 3.89. The van der Waals surface area contributed by atoms with Crippen molar-refractivity contribution in [3.8, 4) is 0 Å². The molecule has 14 heteroatoms. The Morgan fingerprint density at radius 2 is 1.26 bits per heavy atom. The summed E-state index contributed by atoms with van der Waals surface area (Å²) in [5.41, 5.74) is 8.64. The van der Waals surface area contributed by atoms with Crippen molar-refractivity contribution in [2.75, 3.05) is 26.3 Å². The van der Waals surface area contributed by atoms with Gasteiger partial charge in [-0.3, -0.25) is 23.9 Å². The Balaban J connectivity index is 1.29. The molecule has 2 amide bonds. The van der Waals surface area contributed by atoms with Crippen molar-refractivity contribution < 1.29 is 14.3 Å². The molecule has 0 spiro atoms. The molecule has 0 bridgehead atoms. The second-order valence-electron chi connectivity index (χ2n) is 13.4. The summed E-state index contributed by atoms with van der Waals surface area (Å²) < 4.78 is 17.1. The minimum atomic E-state index is -0.342. The van der Waals surface area contributed by atoms with Gasteiger partial charge in [-0.2, -0.15) is 20.2 Å². The van der Waals surface area contributed by atoms with Crippen LogP contribution in [-0.4, -0.2) is 80.8 Å². The zero-order chi connectivity index (χ0) is 37.2. The summed E-state index contributed by atoms with van der Waals surface area (Å²) in [6.07, 6.45) is 4.17. The van der Waals surface area contributed by atoms with E-state index in [1.54, 1.807) is 21.5 Å². The minimum absolute atomic E-state index is 0.340. The third kappa shape index (κ3) is 6.99. The maximum absolute atomic E-state index is 13.8. The molecule has 0 N–H and O–H groups in total. The molecule has 1 saturated heterocycles. The molecule has 276 valence electrons. The van der Waals surface area contributed by atoms with Crippen molar-refractivity contribution in [1.82, 2.24) is 42.7 Å². The molecule has 14 nitrogen and oxygen atoms in total. The lowest BCUT2D eigenvalue weighted by atomic mass is 10.1. The summed E-state index contributed by atoms with van der Waals surface area (Å²) in [5, 5.41) is 8.93. The van der Waals surface area contributed by atoms with Gasteiger partial charge in [-0.25, -0.2) is 0 Å². The van der Waals surface area contributed by atoms with Crippen molar-refractivity contribution in [1.29, 1.82) is 0 Å². The average molecular weight is 718 g/mol. The Labute approximate surface area is 307 Å². The zero-order valence-electron chi connectivity index (χ0n) is 31.4. The van der Waals surface area contributed by atoms with Crippen molar-refractivity contribution in [3.05, 3.63) is 106 Å². The number of ether oxygens (including phenoxy) is 1. The second kappa shape index (κ2) is 15.2. The van der Waals surface area contributed by atoms with Gasteiger partial charge in [0.05, 0.1) is 46.7 Å². The van der Waals surface area contributed by atoms with Crippen LogP contribution >= 0.6 is 0 Å². The number of allylic oxidation sites excluding steroid dienone is 2. The fourth-order valence-electron chi connectivity index (χ4n) is 7.25. The van der Waals surface area contributed by atoms with Gasteiger partial charge in [-0.1, -0.05) is 36.4 Å². The maximum atomic E-state index is 13.8. The van der Waals surface area contributed by atoms with Gasteiger partial charge in [-0.05, 0) is 63.6 Å². The molecule has 0 radical (unpaired) electrons. The lowest BCUT2D eigenvalue weighted by Gasteiger charge is -2.27. The van der Waals surface area contributed by atoms with E-state index >= 15 is 0 Å². The molecule has 4 aromatic heterocycles. The molecule has 0 unspecified atom stereocenters. The Morgan fingerprint density at radius 1 is 0.736 bits per heavy atom. The largest absolute Gasteiger partial charge is 0.379 e. The van der Waals surface area contributed by atoms with Crippen LogP contribution in [0.3, 0.4) is 0 Å². The molecule has 6 aromatic rings. The number of nitrogens with zero attached hydrogens (tertiary/aromatic N) is 11. The Morgan fingerprint density at radius 3 is 1.87 bits per heavy atom. The number of morpholine rings is 1. The number of benzene rings is 2. The Kier molecular flexibility index (Phi) is 10.2. The van der Waals surface area contributed by atoms with E-state index in [-0.39, 0.29) is 11.8 Å². The normalized spacial score (nSPS) is 14.8. The lowest BCUT2D eigenvalue weighted by Crippen LogP contribution is -2.35. The first-order chi connectivity index (χ1) is 25.7. The molecule has 7 rings (SSSR count). The summed E-state index contributed by atoms with van der Waals surface area (Å²) in [6, 6.07) is 17.9. The third-order valence-corrected chi connectivity index (χ3v) is 9.83. The molecule has 0 saturated carbocycles. The lowest BCUT2D eigenvalue weighted by molar-refractivity contribution is 0.0343. The van der Waals surface area contributed by atoms with E-state index in [1.807, 2.05) is 79.8 Å². The van der Waals surface area contributed by atoms with Gasteiger partial charge in [0.25, 0.3) is 11.8 Å². The fourth-order valence-corrected chi connectivity index (χ4v) is 7.25. The summed E-state index contributed by atoms with van der Waals surface area (Å²) in [6.45, 7) is 13.6. The predicted octanol–water partition coefficient (Wildman–Crippen LogP) is 3.89. The summed E-state index contributed by atoms with van der Waals surface area (Å²) >= 11 is 0. The van der Waals surface area contributed by atoms with Gasteiger partial charge in [0.2, 0.25) is 11.2 Å². The molecule has 5 heterocycles. The van der Waals surface area contributed by atoms with Crippen LogP contribution in [0.2, 0.25) is 0 Å². The Bertz CT molecular complexity index is 2490. The molecule has 53 heavy (non-hydrogen) atoms. The van der Waals surface area contributed by atoms with E-state index in [1.165, 1.54) is 0 Å². The summed E-state index contributed by atoms with van der Waals surface area (Å²) in [4.78, 5) is 39.1. The quantitative estimate of drug-likeness (QED) is 0.198. The van der Waals surface area contributed by atoms with Gasteiger partial charge in [-0.15, -0.1) is 0 Å². The monoisotopic (exact) mass is 717 g/mol. The van der Waals surface area contributed by atoms with Crippen molar-refractivity contribution in [2.45, 2.75) is 60.4 Å². The predicted molar refractivity (Wildman–Crippen MR) is 202 cm³/mol. The number of carbonyl (C=O) groups is 2. The van der Waals surface area contributed by atoms with Gasteiger partial charge in [0.15, 0.2) is 0 Å². The van der Waals surface area contributed by atoms with Gasteiger partial charge < -0.3 is 23.0 Å². The first-order valence-corrected chi connectivity index (χ1v) is 18.2. The number of aryl methyl sites for hydroxylation is 6. The standard InChI is InChI=1S/C39H47N11O3/c1-7-49-33(24-27(3)42-49)36(51)40-38-44(5)30-15-9-10-16-31(30)47(38)18-11-12-19-48-35-29(26-46-20-22-53-23-21-46)14-13-17-32(35)45(6)39(48)41-37(52)34-25-28(4)43-50(34)8-2/h9-17,24-25H,7-8,18-23,26H2,1-6H3/b12-11+,40-38+,41-39+. The molecule has 1 aliphatic heterocycles. The number of rotatable bonds is 10. The minimum Gasteiger partial charge on any atom is -0.379 e. The van der Waals surface area contributed by atoms with Crippen molar-refractivity contribution >= 4 is 33.9 Å². The SMILES string of the molecule is CCn1nc(C)cc1C(=O)/N=c1\n(C)c2ccccc2n1C/C=C/Cn1/c(=N/C(=O)c2cc(C)nn2CC)n(C)c2cccc(CN3CCOCC3)c21. The maximum Gasteiger partial charge on any atom is 0.298 e. The number of fused-ring (bicyclic) bond motifs is 2. The molecule has 2 aromatic carbocycles. The fraction of sp³-hybridized carbons (Fsp3) is 0.385. The van der Waals surface area contributed by atoms with E-state index in [2.05, 4.69) is 55.0 Å². The van der Waals surface area contributed by atoms with Crippen LogP contribution in [0.5, 0.6) is 0 Å². The zero-order valence-corrected chi connectivity index (χ0v) is 31.4. The number of para-hydroxylation sites is 3. The number of amides is 2. The summed E-state index contributed by atoms with van der Waals surface area (Å²) in [7, 11) is 3.88. The highest BCUT2D eigenvalue weighted by Gasteiger charge is 2.20. The highest BCUT2D eigenvalue weighted by Crippen LogP contribution is 2.21. The van der Waals surface area contributed by atoms with E-state index in [0.717, 1.165) is 58.7 Å². The van der Waals surface area contributed by atoms with Crippen molar-refractivity contribution in [3.63, 3.8) is 0 Å². The van der Waals surface area contributed by atoms with Crippen molar-refractivity contribution in [2.24, 2.45) is 24.1 Å². The highest BCUT2D eigenvalue weighted by atomic mass is 16.5. The number of carbonyl (C=O) groups excluding carboxylic acids is 2. The third-order valence-electron chi connectivity index (χ3n) is 9.83. The first-order valence-electron chi connectivity index (χ1n) is 18.2. The van der Waals surface area contributed by atoms with E-state index in [0.29, 0.717) is 62.0 Å². The van der Waals surface area contributed by atoms with Crippen LogP contribution in [0.1, 0.15) is 51.8 Å². The molecule has 0 aliphatic carbocycles. The van der Waals surface area contributed by atoms with E-state index in [9.17, 15) is 9.59 Å². The van der Waals surface area contributed by atoms with Gasteiger partial charge >= 0.3 is 0 Å². The molecule has 0 atom stereocenters. The number of hydrogen-bond acceptors (Lipinski definition) is 6. The molecule has 1 fully saturated rings. The van der Waals surface area contributed by atoms with Crippen LogP contribution < -0.4 is 11.2 Å². The smallest absolute Gasteiger partial charge is 0.298 e. The van der Waals surface area contributed by atoms with Crippen LogP contribution in [-0.2, 0) is 51.6 Å². The number of aromatic nitrogens is 8. The van der Waals surface area contributed by atoms with Crippen LogP contribution in [0.15, 0.2) is 76.7 Å². The molecule has 1 aliphatic rings. The van der Waals surface area contributed by atoms with Gasteiger partial charge in [0, 0.05) is 59.9 Å². The number of imidazole rings is 2. The Hall–Kier alpha value is -5.60. The highest BCUT2D eigenvalue weighted by molar-refractivity contribution is 5.94. The second-order valence-corrected chi connectivity index (χ2v) is 13.4. The van der Waals surface area contributed by atoms with Crippen LogP contribution in [0.4, 0.5) is 0 Å². The molecular weight excluding hydrogens is 671 g/mol. The summed E-state index contributed by atoms with van der Waals surface area (Å²) in [5.74, 6) is -0.682. The van der Waals surface area contributed by atoms with E-state index < -0.39 is 0 Å². The van der Waals surface area contributed by atoms with Gasteiger partial charge in [0.1, 0.15) is 11.4 Å². The topological polar surface area (TPSA) is 127 Å². The number of hydrogen-bond donors (Lipinski definition) is 0. The van der Waals surface area contributed by atoms with Crippen LogP contribution in [0, 0.1) is 13.8 Å². The molecular formula is C39H47N11O3. The first kappa shape index (κ1) is 35.8. The van der Waals surface area contributed by atoms with Crippen LogP contribution in [0.25, 0.3) is 22.1 Å². The van der Waals surface area contributed by atoms with E-state index in [4.69, 9.17) is 9.73 Å².